The van der Waals surface area contributed by atoms with E-state index in [0.717, 1.165) is 0 Å². The number of benzene rings is 3. The molecule has 0 spiro atoms. The number of carboxylic acids is 1. The third kappa shape index (κ3) is 5.58. The lowest BCUT2D eigenvalue weighted by Crippen LogP contribution is -2.42. The summed E-state index contributed by atoms with van der Waals surface area (Å²) in [4.78, 5) is 42.4. The number of nitrogens with zero attached hydrogens (tertiary/aromatic N) is 2. The van der Waals surface area contributed by atoms with E-state index in [0.29, 0.717) is 27.9 Å². The van der Waals surface area contributed by atoms with Crippen molar-refractivity contribution >= 4 is 46.0 Å². The Bertz CT molecular complexity index is 1550. The highest BCUT2D eigenvalue weighted by Gasteiger charge is 2.24. The summed E-state index contributed by atoms with van der Waals surface area (Å²) < 4.78 is 12.2. The lowest BCUT2D eigenvalue weighted by molar-refractivity contribution is -0.139. The van der Waals surface area contributed by atoms with Gasteiger partial charge in [-0.05, 0) is 48.9 Å². The van der Waals surface area contributed by atoms with Gasteiger partial charge < -0.3 is 19.9 Å². The summed E-state index contributed by atoms with van der Waals surface area (Å²) in [6, 6.07) is 15.0. The molecular formula is C27H23Cl2N3O6. The Morgan fingerprint density at radius 2 is 1.76 bits per heavy atom. The largest absolute Gasteiger partial charge is 0.497 e. The molecule has 1 aromatic heterocycles. The smallest absolute Gasteiger partial charge is 0.326 e. The summed E-state index contributed by atoms with van der Waals surface area (Å²) in [7, 11) is 1.53. The first-order chi connectivity index (χ1) is 18.2. The van der Waals surface area contributed by atoms with Crippen LogP contribution in [-0.2, 0) is 11.2 Å². The van der Waals surface area contributed by atoms with E-state index in [1.807, 2.05) is 0 Å². The molecule has 0 saturated carbocycles. The van der Waals surface area contributed by atoms with Crippen LogP contribution in [0.3, 0.4) is 0 Å². The maximum absolute atomic E-state index is 13.3. The van der Waals surface area contributed by atoms with Gasteiger partial charge >= 0.3 is 12.0 Å². The Morgan fingerprint density at radius 1 is 1.08 bits per heavy atom. The van der Waals surface area contributed by atoms with Gasteiger partial charge in [0.1, 0.15) is 11.8 Å². The maximum atomic E-state index is 13.3. The van der Waals surface area contributed by atoms with E-state index in [1.165, 1.54) is 23.8 Å². The fourth-order valence-electron chi connectivity index (χ4n) is 3.89. The Kier molecular flexibility index (Phi) is 8.19. The van der Waals surface area contributed by atoms with Gasteiger partial charge in [-0.2, -0.15) is 4.98 Å². The molecule has 0 unspecified atom stereocenters. The Morgan fingerprint density at radius 3 is 2.37 bits per heavy atom. The number of aliphatic carboxylic acids is 1. The van der Waals surface area contributed by atoms with Crippen LogP contribution in [0.2, 0.25) is 10.0 Å². The van der Waals surface area contributed by atoms with Crippen molar-refractivity contribution in [3.05, 3.63) is 92.2 Å². The second-order valence-corrected chi connectivity index (χ2v) is 9.00. The Balaban J connectivity index is 1.62. The highest BCUT2D eigenvalue weighted by molar-refractivity contribution is 6.39. The molecule has 2 N–H and O–H groups in total. The molecule has 0 aliphatic carbocycles. The highest BCUT2D eigenvalue weighted by atomic mass is 35.5. The average molecular weight is 556 g/mol. The Labute approximate surface area is 227 Å². The van der Waals surface area contributed by atoms with Crippen LogP contribution in [0.1, 0.15) is 22.8 Å². The van der Waals surface area contributed by atoms with Gasteiger partial charge in [0.25, 0.3) is 11.5 Å². The first kappa shape index (κ1) is 27.0. The first-order valence-electron chi connectivity index (χ1n) is 11.5. The van der Waals surface area contributed by atoms with Crippen LogP contribution in [0.25, 0.3) is 16.6 Å². The zero-order chi connectivity index (χ0) is 27.4. The summed E-state index contributed by atoms with van der Waals surface area (Å²) in [5.74, 6) is -1.36. The van der Waals surface area contributed by atoms with E-state index >= 15 is 0 Å². The van der Waals surface area contributed by atoms with Crippen molar-refractivity contribution in [2.45, 2.75) is 19.4 Å². The number of hydrogen-bond donors (Lipinski definition) is 2. The van der Waals surface area contributed by atoms with Crippen LogP contribution >= 0.6 is 23.2 Å². The number of aromatic nitrogens is 2. The minimum Gasteiger partial charge on any atom is -0.497 e. The van der Waals surface area contributed by atoms with Crippen molar-refractivity contribution in [2.75, 3.05) is 13.7 Å². The predicted octanol–water partition coefficient (Wildman–Crippen LogP) is 4.53. The molecule has 3 aromatic carbocycles. The average Bonchev–Trinajstić information content (AvgIpc) is 2.89. The van der Waals surface area contributed by atoms with Gasteiger partial charge in [0, 0.05) is 12.5 Å². The molecule has 0 fully saturated rings. The standard InChI is InChI=1S/C27H23Cl2N3O6/c1-3-38-27-31-21-14-17(37-2)11-12-18(21)25(34)32(27)16-9-7-15(8-10-16)13-22(26(35)36)30-24(33)23-19(28)5-4-6-20(23)29/h4-12,14,22H,3,13H2,1-2H3,(H,30,33)(H,35,36)/t22-/m0/s1. The number of rotatable bonds is 9. The normalized spacial score (nSPS) is 11.7. The van der Waals surface area contributed by atoms with E-state index in [4.69, 9.17) is 32.7 Å². The number of nitrogens with one attached hydrogen (secondary N) is 1. The van der Waals surface area contributed by atoms with Crippen molar-refractivity contribution in [3.63, 3.8) is 0 Å². The van der Waals surface area contributed by atoms with Crippen LogP contribution in [-0.4, -0.2) is 46.3 Å². The van der Waals surface area contributed by atoms with Gasteiger partial charge in [0.2, 0.25) is 0 Å². The van der Waals surface area contributed by atoms with Crippen LogP contribution in [0.5, 0.6) is 11.8 Å². The van der Waals surface area contributed by atoms with Crippen molar-refractivity contribution < 1.29 is 24.2 Å². The third-order valence-electron chi connectivity index (χ3n) is 5.75. The number of carbonyl (C=O) groups excluding carboxylic acids is 1. The number of carbonyl (C=O) groups is 2. The van der Waals surface area contributed by atoms with Crippen molar-refractivity contribution in [1.82, 2.24) is 14.9 Å². The Hall–Kier alpha value is -4.08. The summed E-state index contributed by atoms with van der Waals surface area (Å²) in [6.07, 6.45) is -0.0214. The SMILES string of the molecule is CCOc1nc2cc(OC)ccc2c(=O)n1-c1ccc(C[C@H](NC(=O)c2c(Cl)cccc2Cl)C(=O)O)cc1. The molecule has 0 aliphatic rings. The fourth-order valence-corrected chi connectivity index (χ4v) is 4.46. The second-order valence-electron chi connectivity index (χ2n) is 8.18. The number of carboxylic acid groups (broad SMARTS) is 1. The number of halogens is 2. The van der Waals surface area contributed by atoms with E-state index in [2.05, 4.69) is 10.3 Å². The van der Waals surface area contributed by atoms with Gasteiger partial charge in [0.05, 0.1) is 45.9 Å². The molecule has 0 aliphatic heterocycles. The van der Waals surface area contributed by atoms with Crippen LogP contribution in [0, 0.1) is 0 Å². The van der Waals surface area contributed by atoms with Crippen LogP contribution < -0.4 is 20.3 Å². The van der Waals surface area contributed by atoms with Crippen molar-refractivity contribution in [3.8, 4) is 17.4 Å². The lowest BCUT2D eigenvalue weighted by atomic mass is 10.0. The molecule has 0 bridgehead atoms. The molecule has 4 rings (SSSR count). The van der Waals surface area contributed by atoms with Crippen LogP contribution in [0.4, 0.5) is 0 Å². The van der Waals surface area contributed by atoms with Gasteiger partial charge in [0.15, 0.2) is 0 Å². The zero-order valence-corrected chi connectivity index (χ0v) is 21.9. The monoisotopic (exact) mass is 555 g/mol. The van der Waals surface area contributed by atoms with Crippen molar-refractivity contribution in [1.29, 1.82) is 0 Å². The molecule has 0 radical (unpaired) electrons. The fraction of sp³-hybridized carbons (Fsp3) is 0.185. The molecule has 1 atom stereocenters. The second kappa shape index (κ2) is 11.5. The number of amides is 1. The van der Waals surface area contributed by atoms with E-state index in [9.17, 15) is 19.5 Å². The molecule has 0 saturated heterocycles. The van der Waals surface area contributed by atoms with Crippen LogP contribution in [0.15, 0.2) is 65.5 Å². The summed E-state index contributed by atoms with van der Waals surface area (Å²) in [5, 5.41) is 12.8. The van der Waals surface area contributed by atoms with Gasteiger partial charge in [-0.25, -0.2) is 9.36 Å². The molecule has 38 heavy (non-hydrogen) atoms. The molecule has 1 heterocycles. The van der Waals surface area contributed by atoms with Crippen molar-refractivity contribution in [2.24, 2.45) is 0 Å². The van der Waals surface area contributed by atoms with E-state index in [-0.39, 0.29) is 40.2 Å². The van der Waals surface area contributed by atoms with Gasteiger partial charge in [-0.15, -0.1) is 0 Å². The number of ether oxygens (including phenoxy) is 2. The summed E-state index contributed by atoms with van der Waals surface area (Å²) >= 11 is 12.2. The molecular weight excluding hydrogens is 533 g/mol. The third-order valence-corrected chi connectivity index (χ3v) is 6.38. The highest BCUT2D eigenvalue weighted by Crippen LogP contribution is 2.25. The van der Waals surface area contributed by atoms with E-state index in [1.54, 1.807) is 55.5 Å². The number of methoxy groups -OCH3 is 1. The topological polar surface area (TPSA) is 120 Å². The molecule has 4 aromatic rings. The molecule has 11 heteroatoms. The molecule has 1 amide bonds. The molecule has 9 nitrogen and oxygen atoms in total. The quantitative estimate of drug-likeness (QED) is 0.311. The number of hydrogen-bond acceptors (Lipinski definition) is 6. The minimum atomic E-state index is -1.25. The number of fused-ring (bicyclic) bond motifs is 1. The lowest BCUT2D eigenvalue weighted by Gasteiger charge is -2.17. The first-order valence-corrected chi connectivity index (χ1v) is 12.3. The summed E-state index contributed by atoms with van der Waals surface area (Å²) in [6.45, 7) is 2.07. The zero-order valence-electron chi connectivity index (χ0n) is 20.4. The van der Waals surface area contributed by atoms with E-state index < -0.39 is 17.9 Å². The minimum absolute atomic E-state index is 0.00156. The van der Waals surface area contributed by atoms with Gasteiger partial charge in [-0.3, -0.25) is 9.59 Å². The molecule has 196 valence electrons. The van der Waals surface area contributed by atoms with Gasteiger partial charge in [-0.1, -0.05) is 41.4 Å². The summed E-state index contributed by atoms with van der Waals surface area (Å²) in [5.41, 5.74) is 1.19. The maximum Gasteiger partial charge on any atom is 0.326 e. The predicted molar refractivity (Wildman–Crippen MR) is 144 cm³/mol.